The second kappa shape index (κ2) is 6.19. The number of nitrogens with one attached hydrogen (secondary N) is 1. The number of hydrogen-bond acceptors (Lipinski definition) is 5. The fourth-order valence-corrected chi connectivity index (χ4v) is 5.31. The van der Waals surface area contributed by atoms with Crippen LogP contribution in [0.1, 0.15) is 18.9 Å². The molecule has 0 saturated heterocycles. The first-order valence-corrected chi connectivity index (χ1v) is 10.8. The van der Waals surface area contributed by atoms with Gasteiger partial charge in [0.05, 0.1) is 31.2 Å². The predicted molar refractivity (Wildman–Crippen MR) is 107 cm³/mol. The zero-order chi connectivity index (χ0) is 21.4. The number of sulfone groups is 1. The van der Waals surface area contributed by atoms with Gasteiger partial charge in [0.1, 0.15) is 5.82 Å². The summed E-state index contributed by atoms with van der Waals surface area (Å²) in [5.74, 6) is -0.699. The molecule has 11 heteroatoms. The molecule has 0 radical (unpaired) electrons. The van der Waals surface area contributed by atoms with Gasteiger partial charge in [-0.1, -0.05) is 16.3 Å². The number of rotatable bonds is 3. The lowest BCUT2D eigenvalue weighted by Gasteiger charge is -2.11. The van der Waals surface area contributed by atoms with E-state index in [9.17, 15) is 27.6 Å². The van der Waals surface area contributed by atoms with Crippen LogP contribution in [0.5, 0.6) is 0 Å². The van der Waals surface area contributed by atoms with Crippen LogP contribution in [-0.2, 0) is 9.84 Å². The van der Waals surface area contributed by atoms with Crippen molar-refractivity contribution in [2.24, 2.45) is 0 Å². The van der Waals surface area contributed by atoms with E-state index in [1.807, 2.05) is 4.57 Å². The Morgan fingerprint density at radius 2 is 1.90 bits per heavy atom. The monoisotopic (exact) mass is 449 g/mol. The highest BCUT2D eigenvalue weighted by Crippen LogP contribution is 2.39. The molecule has 0 unspecified atom stereocenters. The van der Waals surface area contributed by atoms with Crippen LogP contribution < -0.4 is 11.2 Å². The van der Waals surface area contributed by atoms with E-state index in [0.29, 0.717) is 10.9 Å². The van der Waals surface area contributed by atoms with Crippen molar-refractivity contribution in [3.63, 3.8) is 0 Å². The summed E-state index contributed by atoms with van der Waals surface area (Å²) in [5, 5.41) is 9.34. The number of benzene rings is 2. The maximum Gasteiger partial charge on any atom is 0.362 e. The molecule has 2 aromatic carbocycles. The van der Waals surface area contributed by atoms with Crippen molar-refractivity contribution in [1.29, 1.82) is 0 Å². The number of aromatic nitrogens is 3. The highest BCUT2D eigenvalue weighted by Gasteiger charge is 2.28. The molecule has 0 aliphatic heterocycles. The molecule has 1 fully saturated rings. The van der Waals surface area contributed by atoms with Gasteiger partial charge in [-0.3, -0.25) is 4.79 Å². The Kier molecular flexibility index (Phi) is 3.90. The molecule has 1 aliphatic rings. The summed E-state index contributed by atoms with van der Waals surface area (Å²) >= 11 is 6.00. The van der Waals surface area contributed by atoms with Crippen molar-refractivity contribution >= 4 is 43.2 Å². The number of hydrogen-bond donors (Lipinski definition) is 2. The van der Waals surface area contributed by atoms with Gasteiger partial charge in [-0.15, -0.1) is 0 Å². The maximum atomic E-state index is 14.7. The smallest absolute Gasteiger partial charge is 0.362 e. The molecule has 2 N–H and O–H groups in total. The fourth-order valence-electron chi connectivity index (χ4n) is 3.62. The minimum atomic E-state index is -4.35. The number of aromatic amines is 1. The van der Waals surface area contributed by atoms with Crippen LogP contribution in [0.4, 0.5) is 4.39 Å². The lowest BCUT2D eigenvalue weighted by molar-refractivity contribution is 0.162. The van der Waals surface area contributed by atoms with Gasteiger partial charge in [-0.25, -0.2) is 17.6 Å². The third-order valence-electron chi connectivity index (χ3n) is 5.25. The van der Waals surface area contributed by atoms with Gasteiger partial charge >= 0.3 is 5.69 Å². The summed E-state index contributed by atoms with van der Waals surface area (Å²) in [7, 11) is -4.35. The first-order valence-electron chi connectivity index (χ1n) is 8.92. The van der Waals surface area contributed by atoms with E-state index in [4.69, 9.17) is 11.6 Å². The molecule has 0 spiro atoms. The second-order valence-electron chi connectivity index (χ2n) is 7.14. The number of H-pyrrole nitrogens is 1. The molecule has 8 nitrogen and oxygen atoms in total. The molecule has 0 amide bonds. The summed E-state index contributed by atoms with van der Waals surface area (Å²) in [6.07, 6.45) is 3.58. The van der Waals surface area contributed by atoms with Gasteiger partial charge in [0.2, 0.25) is 9.84 Å². The van der Waals surface area contributed by atoms with Crippen LogP contribution in [0.25, 0.3) is 21.8 Å². The molecule has 5 rings (SSSR count). The Labute approximate surface area is 172 Å². The van der Waals surface area contributed by atoms with E-state index < -0.39 is 31.8 Å². The van der Waals surface area contributed by atoms with E-state index in [2.05, 4.69) is 4.98 Å². The van der Waals surface area contributed by atoms with Crippen molar-refractivity contribution in [3.05, 3.63) is 68.2 Å². The normalized spacial score (nSPS) is 14.6. The van der Waals surface area contributed by atoms with E-state index in [1.54, 1.807) is 12.3 Å². The third kappa shape index (κ3) is 2.60. The maximum absolute atomic E-state index is 14.7. The van der Waals surface area contributed by atoms with Gasteiger partial charge in [0, 0.05) is 17.6 Å². The third-order valence-corrected chi connectivity index (χ3v) is 7.34. The summed E-state index contributed by atoms with van der Waals surface area (Å²) < 4.78 is 43.1. The minimum absolute atomic E-state index is 0.155. The Balaban J connectivity index is 1.82. The molecular weight excluding hydrogens is 437 g/mol. The Bertz CT molecular complexity index is 1600. The van der Waals surface area contributed by atoms with Gasteiger partial charge in [-0.2, -0.15) is 0 Å². The molecular formula is C19H13ClFN3O5S. The summed E-state index contributed by atoms with van der Waals surface area (Å²) in [6, 6.07) is 6.37. The van der Waals surface area contributed by atoms with Crippen molar-refractivity contribution in [2.75, 3.05) is 0 Å². The Morgan fingerprint density at radius 3 is 2.60 bits per heavy atom. The second-order valence-corrected chi connectivity index (χ2v) is 9.46. The van der Waals surface area contributed by atoms with Crippen LogP contribution >= 0.6 is 11.6 Å². The molecule has 154 valence electrons. The van der Waals surface area contributed by atoms with Crippen LogP contribution in [0.15, 0.2) is 55.9 Å². The lowest BCUT2D eigenvalue weighted by atomic mass is 10.2. The Morgan fingerprint density at radius 1 is 1.17 bits per heavy atom. The molecule has 1 saturated carbocycles. The first-order chi connectivity index (χ1) is 14.2. The van der Waals surface area contributed by atoms with Crippen LogP contribution in [-0.4, -0.2) is 27.9 Å². The molecule has 0 bridgehead atoms. The van der Waals surface area contributed by atoms with Crippen LogP contribution in [0.3, 0.4) is 0 Å². The van der Waals surface area contributed by atoms with Crippen molar-refractivity contribution in [2.45, 2.75) is 28.7 Å². The topological polar surface area (TPSA) is 114 Å². The van der Waals surface area contributed by atoms with Crippen molar-refractivity contribution < 1.29 is 18.0 Å². The summed E-state index contributed by atoms with van der Waals surface area (Å²) in [6.45, 7) is 0. The van der Waals surface area contributed by atoms with Crippen LogP contribution in [0, 0.1) is 5.82 Å². The SMILES string of the molecule is O=c1[nH]c2c(S(=O)(=O)c3cc(F)c4ccn(C5CC5)c4c3)ccc(Cl)c2c(=O)n1O. The standard InChI is InChI=1S/C19H13ClFN3O5S/c20-12-3-4-15(17-16(12)18(25)24(27)19(26)22-17)30(28,29)10-7-13(21)11-5-6-23(9-1-2-9)14(11)8-10/h3-9,27H,1-2H2,(H,22,26). The highest BCUT2D eigenvalue weighted by molar-refractivity contribution is 7.91. The van der Waals surface area contributed by atoms with Crippen molar-refractivity contribution in [1.82, 2.24) is 14.3 Å². The largest absolute Gasteiger partial charge is 0.421 e. The van der Waals surface area contributed by atoms with Gasteiger partial charge < -0.3 is 14.8 Å². The molecule has 2 heterocycles. The average Bonchev–Trinajstić information content (AvgIpc) is 3.44. The van der Waals surface area contributed by atoms with E-state index in [0.717, 1.165) is 31.0 Å². The highest BCUT2D eigenvalue weighted by atomic mass is 35.5. The Hall–Kier alpha value is -3.11. The molecule has 4 aromatic rings. The van der Waals surface area contributed by atoms with Crippen molar-refractivity contribution in [3.8, 4) is 0 Å². The number of fused-ring (bicyclic) bond motifs is 2. The van der Waals surface area contributed by atoms with Crippen LogP contribution in [0.2, 0.25) is 5.02 Å². The number of nitrogens with zero attached hydrogens (tertiary/aromatic N) is 2. The molecule has 2 aromatic heterocycles. The quantitative estimate of drug-likeness (QED) is 0.467. The number of halogens is 2. The van der Waals surface area contributed by atoms with Gasteiger partial charge in [-0.05, 0) is 43.2 Å². The fraction of sp³-hybridized carbons (Fsp3) is 0.158. The summed E-state index contributed by atoms with van der Waals surface area (Å²) in [5.41, 5.74) is -2.31. The van der Waals surface area contributed by atoms with Gasteiger partial charge in [0.15, 0.2) is 0 Å². The molecule has 30 heavy (non-hydrogen) atoms. The minimum Gasteiger partial charge on any atom is -0.421 e. The average molecular weight is 450 g/mol. The van der Waals surface area contributed by atoms with E-state index in [-0.39, 0.29) is 31.6 Å². The van der Waals surface area contributed by atoms with Gasteiger partial charge in [0.25, 0.3) is 5.56 Å². The molecule has 0 atom stereocenters. The molecule has 1 aliphatic carbocycles. The first kappa shape index (κ1) is 18.9. The predicted octanol–water partition coefficient (Wildman–Crippen LogP) is 2.84. The lowest BCUT2D eigenvalue weighted by Crippen LogP contribution is -2.33. The van der Waals surface area contributed by atoms with E-state index >= 15 is 0 Å². The zero-order valence-electron chi connectivity index (χ0n) is 15.1. The summed E-state index contributed by atoms with van der Waals surface area (Å²) in [4.78, 5) is 25.5. The zero-order valence-corrected chi connectivity index (χ0v) is 16.7. The van der Waals surface area contributed by atoms with E-state index in [1.165, 1.54) is 6.07 Å².